The van der Waals surface area contributed by atoms with Crippen molar-refractivity contribution >= 4 is 0 Å². The average molecular weight is 224 g/mol. The van der Waals surface area contributed by atoms with Crippen LogP contribution in [0.5, 0.6) is 5.75 Å². The van der Waals surface area contributed by atoms with Crippen LogP contribution in [-0.2, 0) is 0 Å². The van der Waals surface area contributed by atoms with Crippen LogP contribution in [0.1, 0.15) is 20.3 Å². The SMILES string of the molecule is CCC.Fc1ccc(OC(F)(F)F)cc1. The third-order valence-electron chi connectivity index (χ3n) is 1.05. The van der Waals surface area contributed by atoms with Crippen molar-refractivity contribution in [2.45, 2.75) is 26.6 Å². The lowest BCUT2D eigenvalue weighted by Gasteiger charge is -2.07. The number of benzene rings is 1. The Bertz CT molecular complexity index is 266. The van der Waals surface area contributed by atoms with Crippen LogP contribution in [0.15, 0.2) is 24.3 Å². The number of alkyl halides is 3. The summed E-state index contributed by atoms with van der Waals surface area (Å²) >= 11 is 0. The quantitative estimate of drug-likeness (QED) is 0.651. The molecule has 0 aliphatic rings. The second kappa shape index (κ2) is 6.27. The normalized spacial score (nSPS) is 10.3. The van der Waals surface area contributed by atoms with E-state index in [1.165, 1.54) is 6.42 Å². The Hall–Kier alpha value is -1.26. The number of rotatable bonds is 1. The van der Waals surface area contributed by atoms with Crippen molar-refractivity contribution in [2.24, 2.45) is 0 Å². The van der Waals surface area contributed by atoms with E-state index in [0.29, 0.717) is 0 Å². The predicted molar refractivity (Wildman–Crippen MR) is 49.0 cm³/mol. The number of ether oxygens (including phenoxy) is 1. The summed E-state index contributed by atoms with van der Waals surface area (Å²) in [6.07, 6.45) is -3.47. The summed E-state index contributed by atoms with van der Waals surface area (Å²) < 4.78 is 50.3. The van der Waals surface area contributed by atoms with Crippen molar-refractivity contribution in [1.29, 1.82) is 0 Å². The van der Waals surface area contributed by atoms with Crippen LogP contribution in [0.2, 0.25) is 0 Å². The summed E-state index contributed by atoms with van der Waals surface area (Å²) in [5, 5.41) is 0. The molecule has 0 spiro atoms. The first-order chi connectivity index (χ1) is 6.89. The maximum absolute atomic E-state index is 12.2. The monoisotopic (exact) mass is 224 g/mol. The Morgan fingerprint density at radius 1 is 1.07 bits per heavy atom. The standard InChI is InChI=1S/C7H4F4O.C3H8/c8-5-1-3-6(4-2-5)12-7(9,10)11;1-3-2/h1-4H;3H2,1-2H3. The molecule has 0 heterocycles. The third kappa shape index (κ3) is 7.78. The van der Waals surface area contributed by atoms with E-state index in [2.05, 4.69) is 18.6 Å². The zero-order valence-corrected chi connectivity index (χ0v) is 8.44. The molecule has 15 heavy (non-hydrogen) atoms. The molecule has 0 saturated carbocycles. The van der Waals surface area contributed by atoms with E-state index in [-0.39, 0.29) is 0 Å². The minimum absolute atomic E-state index is 0.427. The van der Waals surface area contributed by atoms with Crippen LogP contribution in [0.4, 0.5) is 17.6 Å². The van der Waals surface area contributed by atoms with Crippen molar-refractivity contribution < 1.29 is 22.3 Å². The molecule has 5 heteroatoms. The van der Waals surface area contributed by atoms with Gasteiger partial charge in [-0.3, -0.25) is 0 Å². The van der Waals surface area contributed by atoms with Gasteiger partial charge < -0.3 is 4.74 Å². The third-order valence-corrected chi connectivity index (χ3v) is 1.05. The summed E-state index contributed by atoms with van der Waals surface area (Å²) in [5.74, 6) is -1.03. The van der Waals surface area contributed by atoms with Crippen LogP contribution >= 0.6 is 0 Å². The van der Waals surface area contributed by atoms with Gasteiger partial charge in [0.15, 0.2) is 0 Å². The number of halogens is 4. The second-order valence-corrected chi connectivity index (χ2v) is 2.71. The molecule has 1 aromatic rings. The van der Waals surface area contributed by atoms with E-state index in [1.807, 2.05) is 0 Å². The van der Waals surface area contributed by atoms with E-state index >= 15 is 0 Å². The van der Waals surface area contributed by atoms with Crippen molar-refractivity contribution in [2.75, 3.05) is 0 Å². The molecule has 0 aromatic heterocycles. The first-order valence-corrected chi connectivity index (χ1v) is 4.40. The first kappa shape index (κ1) is 13.7. The largest absolute Gasteiger partial charge is 0.573 e. The van der Waals surface area contributed by atoms with Crippen molar-refractivity contribution in [3.05, 3.63) is 30.1 Å². The smallest absolute Gasteiger partial charge is 0.406 e. The molecule has 0 radical (unpaired) electrons. The van der Waals surface area contributed by atoms with Gasteiger partial charge in [-0.05, 0) is 24.3 Å². The topological polar surface area (TPSA) is 9.23 Å². The molecule has 1 aromatic carbocycles. The highest BCUT2D eigenvalue weighted by molar-refractivity contribution is 5.22. The molecule has 0 N–H and O–H groups in total. The van der Waals surface area contributed by atoms with Gasteiger partial charge in [0.2, 0.25) is 0 Å². The summed E-state index contributed by atoms with van der Waals surface area (Å²) in [6, 6.07) is 3.59. The minimum atomic E-state index is -4.72. The van der Waals surface area contributed by atoms with E-state index < -0.39 is 17.9 Å². The van der Waals surface area contributed by atoms with Crippen LogP contribution in [-0.4, -0.2) is 6.36 Å². The summed E-state index contributed by atoms with van der Waals surface area (Å²) in [4.78, 5) is 0. The number of hydrogen-bond acceptors (Lipinski definition) is 1. The highest BCUT2D eigenvalue weighted by Crippen LogP contribution is 2.22. The Labute approximate surface area is 85.7 Å². The summed E-state index contributed by atoms with van der Waals surface area (Å²) in [5.41, 5.74) is 0. The van der Waals surface area contributed by atoms with E-state index in [0.717, 1.165) is 24.3 Å². The molecular weight excluding hydrogens is 212 g/mol. The summed E-state index contributed by atoms with van der Waals surface area (Å²) in [7, 11) is 0. The molecule has 86 valence electrons. The van der Waals surface area contributed by atoms with Crippen molar-refractivity contribution in [3.63, 3.8) is 0 Å². The van der Waals surface area contributed by atoms with Crippen molar-refractivity contribution in [1.82, 2.24) is 0 Å². The highest BCUT2D eigenvalue weighted by Gasteiger charge is 2.30. The zero-order valence-electron chi connectivity index (χ0n) is 8.44. The molecule has 1 rings (SSSR count). The molecule has 1 nitrogen and oxygen atoms in total. The lowest BCUT2D eigenvalue weighted by atomic mass is 10.3. The molecule has 0 amide bonds. The Morgan fingerprint density at radius 2 is 1.47 bits per heavy atom. The fraction of sp³-hybridized carbons (Fsp3) is 0.400. The van der Waals surface area contributed by atoms with E-state index in [4.69, 9.17) is 0 Å². The maximum Gasteiger partial charge on any atom is 0.573 e. The van der Waals surface area contributed by atoms with Crippen molar-refractivity contribution in [3.8, 4) is 5.75 Å². The Morgan fingerprint density at radius 3 is 1.80 bits per heavy atom. The lowest BCUT2D eigenvalue weighted by Crippen LogP contribution is -2.16. The molecule has 0 atom stereocenters. The van der Waals surface area contributed by atoms with Gasteiger partial charge in [-0.1, -0.05) is 20.3 Å². The van der Waals surface area contributed by atoms with Gasteiger partial charge in [-0.15, -0.1) is 13.2 Å². The fourth-order valence-electron chi connectivity index (χ4n) is 0.636. The van der Waals surface area contributed by atoms with E-state index in [1.54, 1.807) is 0 Å². The zero-order chi connectivity index (χ0) is 11.9. The van der Waals surface area contributed by atoms with Crippen LogP contribution in [0.3, 0.4) is 0 Å². The van der Waals surface area contributed by atoms with Crippen LogP contribution < -0.4 is 4.74 Å². The van der Waals surface area contributed by atoms with Crippen LogP contribution in [0, 0.1) is 5.82 Å². The van der Waals surface area contributed by atoms with Gasteiger partial charge >= 0.3 is 6.36 Å². The molecule has 0 bridgehead atoms. The molecule has 0 unspecified atom stereocenters. The van der Waals surface area contributed by atoms with E-state index in [9.17, 15) is 17.6 Å². The first-order valence-electron chi connectivity index (χ1n) is 4.40. The second-order valence-electron chi connectivity index (χ2n) is 2.71. The Balaban J connectivity index is 0.000000583. The molecular formula is C10H12F4O. The highest BCUT2D eigenvalue weighted by atomic mass is 19.4. The maximum atomic E-state index is 12.2. The predicted octanol–water partition coefficient (Wildman–Crippen LogP) is 4.14. The molecule has 0 saturated heterocycles. The molecule has 0 aliphatic carbocycles. The van der Waals surface area contributed by atoms with Crippen LogP contribution in [0.25, 0.3) is 0 Å². The Kier molecular flexibility index (Phi) is 5.74. The molecule has 0 fully saturated rings. The van der Waals surface area contributed by atoms with Gasteiger partial charge in [-0.25, -0.2) is 4.39 Å². The van der Waals surface area contributed by atoms with Gasteiger partial charge in [0.05, 0.1) is 0 Å². The number of hydrogen-bond donors (Lipinski definition) is 0. The molecule has 0 aliphatic heterocycles. The van der Waals surface area contributed by atoms with Gasteiger partial charge in [0.25, 0.3) is 0 Å². The summed E-state index contributed by atoms with van der Waals surface area (Å²) in [6.45, 7) is 4.25. The average Bonchev–Trinajstić information content (AvgIpc) is 2.08. The fourth-order valence-corrected chi connectivity index (χ4v) is 0.636. The van der Waals surface area contributed by atoms with Gasteiger partial charge in [0.1, 0.15) is 11.6 Å². The van der Waals surface area contributed by atoms with Gasteiger partial charge in [0, 0.05) is 0 Å². The minimum Gasteiger partial charge on any atom is -0.406 e. The van der Waals surface area contributed by atoms with Gasteiger partial charge in [-0.2, -0.15) is 0 Å². The lowest BCUT2D eigenvalue weighted by molar-refractivity contribution is -0.274.